The number of rotatable bonds is 4. The molecule has 6 nitrogen and oxygen atoms in total. The molecule has 86 valence electrons. The van der Waals surface area contributed by atoms with Crippen molar-refractivity contribution in [3.8, 4) is 5.75 Å². The van der Waals surface area contributed by atoms with Crippen LogP contribution in [-0.2, 0) is 9.53 Å². The zero-order valence-electron chi connectivity index (χ0n) is 8.73. The lowest BCUT2D eigenvalue weighted by molar-refractivity contribution is -0.142. The number of hydrogen-bond donors (Lipinski definition) is 2. The normalized spacial score (nSPS) is 9.31. The smallest absolute Gasteiger partial charge is 0.343 e. The lowest BCUT2D eigenvalue weighted by atomic mass is 10.3. The first kappa shape index (κ1) is 11.8. The average Bonchev–Trinajstić information content (AvgIpc) is 2.27. The molecule has 3 N–H and O–H groups in total. The second-order valence-corrected chi connectivity index (χ2v) is 2.88. The van der Waals surface area contributed by atoms with Crippen LogP contribution in [0.2, 0.25) is 0 Å². The maximum absolute atomic E-state index is 10.8. The summed E-state index contributed by atoms with van der Waals surface area (Å²) in [6.07, 6.45) is 0. The summed E-state index contributed by atoms with van der Waals surface area (Å²) < 4.78 is 9.51. The number of primary amides is 1. The highest BCUT2D eigenvalue weighted by atomic mass is 16.6. The average molecular weight is 224 g/mol. The van der Waals surface area contributed by atoms with Gasteiger partial charge in [-0.3, -0.25) is 0 Å². The monoisotopic (exact) mass is 224 g/mol. The van der Waals surface area contributed by atoms with Gasteiger partial charge in [-0.25, -0.2) is 9.59 Å². The van der Waals surface area contributed by atoms with Gasteiger partial charge in [-0.05, 0) is 24.3 Å². The Labute approximate surface area is 92.3 Å². The number of nitrogens with one attached hydrogen (secondary N) is 1. The first-order valence-electron chi connectivity index (χ1n) is 4.48. The number of methoxy groups -OCH3 is 1. The molecule has 0 heterocycles. The molecule has 0 fully saturated rings. The van der Waals surface area contributed by atoms with Crippen molar-refractivity contribution in [2.75, 3.05) is 19.0 Å². The van der Waals surface area contributed by atoms with Crippen molar-refractivity contribution < 1.29 is 19.1 Å². The molecule has 1 aromatic rings. The van der Waals surface area contributed by atoms with E-state index >= 15 is 0 Å². The number of ether oxygens (including phenoxy) is 2. The van der Waals surface area contributed by atoms with E-state index in [0.717, 1.165) is 0 Å². The van der Waals surface area contributed by atoms with Crippen molar-refractivity contribution in [1.29, 1.82) is 0 Å². The highest BCUT2D eigenvalue weighted by Gasteiger charge is 2.02. The van der Waals surface area contributed by atoms with E-state index in [1.165, 1.54) is 7.11 Å². The van der Waals surface area contributed by atoms with Gasteiger partial charge in [0.1, 0.15) is 5.75 Å². The highest BCUT2D eigenvalue weighted by molar-refractivity contribution is 5.87. The zero-order valence-corrected chi connectivity index (χ0v) is 8.73. The molecule has 0 atom stereocenters. The number of amides is 2. The van der Waals surface area contributed by atoms with E-state index in [2.05, 4.69) is 10.1 Å². The Morgan fingerprint density at radius 2 is 1.94 bits per heavy atom. The predicted octanol–water partition coefficient (Wildman–Crippen LogP) is 0.729. The summed E-state index contributed by atoms with van der Waals surface area (Å²) in [5.74, 6) is 0.0414. The molecule has 1 aromatic carbocycles. The summed E-state index contributed by atoms with van der Waals surface area (Å²) in [5.41, 5.74) is 5.49. The maximum Gasteiger partial charge on any atom is 0.343 e. The van der Waals surface area contributed by atoms with Crippen molar-refractivity contribution in [3.63, 3.8) is 0 Å². The molecule has 2 amide bonds. The molecule has 6 heteroatoms. The number of nitrogens with two attached hydrogens (primary N) is 1. The van der Waals surface area contributed by atoms with Gasteiger partial charge < -0.3 is 20.5 Å². The van der Waals surface area contributed by atoms with Gasteiger partial charge in [0.2, 0.25) is 0 Å². The summed E-state index contributed by atoms with van der Waals surface area (Å²) in [5, 5.41) is 2.40. The van der Waals surface area contributed by atoms with E-state index in [4.69, 9.17) is 10.5 Å². The van der Waals surface area contributed by atoms with Gasteiger partial charge in [0.15, 0.2) is 6.61 Å². The molecule has 0 aliphatic carbocycles. The number of anilines is 1. The summed E-state index contributed by atoms with van der Waals surface area (Å²) >= 11 is 0. The minimum atomic E-state index is -0.636. The Bertz CT molecular complexity index is 375. The van der Waals surface area contributed by atoms with E-state index in [-0.39, 0.29) is 6.61 Å². The molecule has 0 saturated heterocycles. The van der Waals surface area contributed by atoms with Gasteiger partial charge in [0.05, 0.1) is 7.11 Å². The number of hydrogen-bond acceptors (Lipinski definition) is 4. The van der Waals surface area contributed by atoms with Gasteiger partial charge in [-0.15, -0.1) is 0 Å². The molecule has 0 bridgehead atoms. The third kappa shape index (κ3) is 3.87. The molecule has 0 radical (unpaired) electrons. The van der Waals surface area contributed by atoms with Crippen LogP contribution in [0.1, 0.15) is 0 Å². The molecule has 0 aromatic heterocycles. The Kier molecular flexibility index (Phi) is 4.14. The van der Waals surface area contributed by atoms with Crippen LogP contribution in [0.3, 0.4) is 0 Å². The van der Waals surface area contributed by atoms with Crippen LogP contribution in [0.25, 0.3) is 0 Å². The molecule has 1 rings (SSSR count). The van der Waals surface area contributed by atoms with Crippen molar-refractivity contribution >= 4 is 17.7 Å². The minimum absolute atomic E-state index is 0.154. The van der Waals surface area contributed by atoms with E-state index in [1.807, 2.05) is 0 Å². The quantitative estimate of drug-likeness (QED) is 0.737. The summed E-state index contributed by atoms with van der Waals surface area (Å²) in [7, 11) is 1.28. The SMILES string of the molecule is COC(=O)COc1ccc(NC(N)=O)cc1. The van der Waals surface area contributed by atoms with Gasteiger partial charge in [0.25, 0.3) is 0 Å². The maximum atomic E-state index is 10.8. The molecular formula is C10H12N2O4. The number of carbonyl (C=O) groups excluding carboxylic acids is 2. The van der Waals surface area contributed by atoms with E-state index in [1.54, 1.807) is 24.3 Å². The highest BCUT2D eigenvalue weighted by Crippen LogP contribution is 2.15. The lowest BCUT2D eigenvalue weighted by Crippen LogP contribution is -2.19. The Morgan fingerprint density at radius 1 is 1.31 bits per heavy atom. The van der Waals surface area contributed by atoms with E-state index < -0.39 is 12.0 Å². The first-order chi connectivity index (χ1) is 7.61. The van der Waals surface area contributed by atoms with Gasteiger partial charge in [0, 0.05) is 5.69 Å². The van der Waals surface area contributed by atoms with Crippen molar-refractivity contribution in [1.82, 2.24) is 0 Å². The predicted molar refractivity (Wildman–Crippen MR) is 57.2 cm³/mol. The van der Waals surface area contributed by atoms with Crippen LogP contribution in [0.15, 0.2) is 24.3 Å². The fourth-order valence-corrected chi connectivity index (χ4v) is 0.978. The van der Waals surface area contributed by atoms with Crippen LogP contribution in [0, 0.1) is 0 Å². The molecule has 0 saturated carbocycles. The largest absolute Gasteiger partial charge is 0.482 e. The van der Waals surface area contributed by atoms with Crippen molar-refractivity contribution in [2.45, 2.75) is 0 Å². The van der Waals surface area contributed by atoms with Gasteiger partial charge >= 0.3 is 12.0 Å². The zero-order chi connectivity index (χ0) is 12.0. The molecule has 0 aliphatic rings. The number of esters is 1. The topological polar surface area (TPSA) is 90.7 Å². The number of carbonyl (C=O) groups is 2. The Hall–Kier alpha value is -2.24. The third-order valence-corrected chi connectivity index (χ3v) is 1.71. The molecule has 0 aliphatic heterocycles. The van der Waals surface area contributed by atoms with E-state index in [9.17, 15) is 9.59 Å². The fourth-order valence-electron chi connectivity index (χ4n) is 0.978. The first-order valence-corrected chi connectivity index (χ1v) is 4.48. The van der Waals surface area contributed by atoms with E-state index in [0.29, 0.717) is 11.4 Å². The summed E-state index contributed by atoms with van der Waals surface area (Å²) in [6.45, 7) is -0.154. The molecular weight excluding hydrogens is 212 g/mol. The Balaban J connectivity index is 2.51. The van der Waals surface area contributed by atoms with Crippen molar-refractivity contribution in [3.05, 3.63) is 24.3 Å². The van der Waals surface area contributed by atoms with Gasteiger partial charge in [-0.1, -0.05) is 0 Å². The van der Waals surface area contributed by atoms with Crippen molar-refractivity contribution in [2.24, 2.45) is 5.73 Å². The second-order valence-electron chi connectivity index (χ2n) is 2.88. The molecule has 16 heavy (non-hydrogen) atoms. The third-order valence-electron chi connectivity index (χ3n) is 1.71. The molecule has 0 unspecified atom stereocenters. The lowest BCUT2D eigenvalue weighted by Gasteiger charge is -2.06. The van der Waals surface area contributed by atoms with Crippen LogP contribution in [-0.4, -0.2) is 25.7 Å². The second kappa shape index (κ2) is 5.59. The van der Waals surface area contributed by atoms with Gasteiger partial charge in [-0.2, -0.15) is 0 Å². The minimum Gasteiger partial charge on any atom is -0.482 e. The summed E-state index contributed by atoms with van der Waals surface area (Å²) in [4.78, 5) is 21.3. The van der Waals surface area contributed by atoms with Crippen LogP contribution >= 0.6 is 0 Å². The summed E-state index contributed by atoms with van der Waals surface area (Å²) in [6, 6.07) is 5.79. The Morgan fingerprint density at radius 3 is 2.44 bits per heavy atom. The molecule has 0 spiro atoms. The number of benzene rings is 1. The number of urea groups is 1. The van der Waals surface area contributed by atoms with Crippen LogP contribution in [0.5, 0.6) is 5.75 Å². The van der Waals surface area contributed by atoms with Crippen LogP contribution in [0.4, 0.5) is 10.5 Å². The fraction of sp³-hybridized carbons (Fsp3) is 0.200. The van der Waals surface area contributed by atoms with Crippen LogP contribution < -0.4 is 15.8 Å². The standard InChI is InChI=1S/C10H12N2O4/c1-15-9(13)6-16-8-4-2-7(3-5-8)12-10(11)14/h2-5H,6H2,1H3,(H3,11,12,14).